The quantitative estimate of drug-likeness (QED) is 0.228. The normalized spacial score (nSPS) is 12.1. The highest BCUT2D eigenvalue weighted by Gasteiger charge is 2.20. The lowest BCUT2D eigenvalue weighted by Gasteiger charge is -2.23. The van der Waals surface area contributed by atoms with Gasteiger partial charge >= 0.3 is 0 Å². The molecular formula is C34H25N3O. The van der Waals surface area contributed by atoms with E-state index in [0.29, 0.717) is 5.75 Å². The van der Waals surface area contributed by atoms with E-state index in [1.54, 1.807) is 0 Å². The second-order valence-electron chi connectivity index (χ2n) is 9.11. The van der Waals surface area contributed by atoms with Gasteiger partial charge in [0.25, 0.3) is 0 Å². The van der Waals surface area contributed by atoms with Crippen LogP contribution in [0.5, 0.6) is 5.75 Å². The molecule has 0 radical (unpaired) electrons. The van der Waals surface area contributed by atoms with Gasteiger partial charge in [0.05, 0.1) is 22.8 Å². The van der Waals surface area contributed by atoms with E-state index >= 15 is 0 Å². The molecule has 4 aromatic carbocycles. The SMILES string of the molecule is N#CCOc1cccc2ccn(C(c3ccccc3)c3cccc(/C=C/c4ccc5ccccc5n4)c3)c12. The van der Waals surface area contributed by atoms with Crippen LogP contribution in [0.15, 0.2) is 121 Å². The number of pyridine rings is 1. The van der Waals surface area contributed by atoms with E-state index in [1.807, 2.05) is 42.5 Å². The molecule has 2 heterocycles. The Labute approximate surface area is 221 Å². The first-order valence-corrected chi connectivity index (χ1v) is 12.6. The summed E-state index contributed by atoms with van der Waals surface area (Å²) in [6, 6.07) is 41.4. The van der Waals surface area contributed by atoms with Crippen LogP contribution in [0.2, 0.25) is 0 Å². The molecule has 182 valence electrons. The van der Waals surface area contributed by atoms with Gasteiger partial charge in [-0.2, -0.15) is 5.26 Å². The van der Waals surface area contributed by atoms with Crippen LogP contribution in [0, 0.1) is 11.3 Å². The van der Waals surface area contributed by atoms with Gasteiger partial charge in [-0.3, -0.25) is 0 Å². The number of nitriles is 1. The molecule has 0 spiro atoms. The first-order chi connectivity index (χ1) is 18.8. The maximum atomic E-state index is 9.11. The summed E-state index contributed by atoms with van der Waals surface area (Å²) in [5.74, 6) is 0.702. The van der Waals surface area contributed by atoms with E-state index in [4.69, 9.17) is 15.0 Å². The van der Waals surface area contributed by atoms with Gasteiger partial charge < -0.3 is 9.30 Å². The molecular weight excluding hydrogens is 466 g/mol. The summed E-state index contributed by atoms with van der Waals surface area (Å²) in [6.45, 7) is 0.00336. The van der Waals surface area contributed by atoms with Crippen molar-refractivity contribution in [2.45, 2.75) is 6.04 Å². The molecule has 38 heavy (non-hydrogen) atoms. The number of ether oxygens (including phenoxy) is 1. The van der Waals surface area contributed by atoms with E-state index in [2.05, 4.69) is 102 Å². The molecule has 4 heteroatoms. The molecule has 6 aromatic rings. The third kappa shape index (κ3) is 4.66. The molecule has 0 N–H and O–H groups in total. The third-order valence-electron chi connectivity index (χ3n) is 6.68. The summed E-state index contributed by atoms with van der Waals surface area (Å²) in [4.78, 5) is 4.78. The minimum absolute atomic E-state index is 0.00336. The molecule has 0 fully saturated rings. The van der Waals surface area contributed by atoms with Gasteiger partial charge in [0.15, 0.2) is 6.61 Å². The molecule has 4 nitrogen and oxygen atoms in total. The molecule has 0 bridgehead atoms. The summed E-state index contributed by atoms with van der Waals surface area (Å²) in [5, 5.41) is 11.3. The van der Waals surface area contributed by atoms with Crippen molar-refractivity contribution in [2.75, 3.05) is 6.61 Å². The monoisotopic (exact) mass is 491 g/mol. The van der Waals surface area contributed by atoms with Crippen LogP contribution in [0.1, 0.15) is 28.4 Å². The van der Waals surface area contributed by atoms with Crippen LogP contribution >= 0.6 is 0 Å². The van der Waals surface area contributed by atoms with E-state index in [-0.39, 0.29) is 12.6 Å². The predicted octanol–water partition coefficient (Wildman–Crippen LogP) is 7.90. The number of hydrogen-bond acceptors (Lipinski definition) is 3. The molecule has 0 aliphatic heterocycles. The summed E-state index contributed by atoms with van der Waals surface area (Å²) >= 11 is 0. The highest BCUT2D eigenvalue weighted by molar-refractivity contribution is 5.86. The van der Waals surface area contributed by atoms with Crippen LogP contribution in [0.25, 0.3) is 34.0 Å². The van der Waals surface area contributed by atoms with Crippen molar-refractivity contribution in [1.82, 2.24) is 9.55 Å². The zero-order valence-corrected chi connectivity index (χ0v) is 20.7. The summed E-state index contributed by atoms with van der Waals surface area (Å²) in [5.41, 5.74) is 6.29. The van der Waals surface area contributed by atoms with Crippen molar-refractivity contribution in [3.05, 3.63) is 144 Å². The Morgan fingerprint density at radius 3 is 2.45 bits per heavy atom. The van der Waals surface area contributed by atoms with Gasteiger partial charge in [-0.05, 0) is 53.1 Å². The number of fused-ring (bicyclic) bond motifs is 2. The minimum Gasteiger partial charge on any atom is -0.477 e. The predicted molar refractivity (Wildman–Crippen MR) is 154 cm³/mol. The zero-order chi connectivity index (χ0) is 25.7. The Morgan fingerprint density at radius 2 is 1.55 bits per heavy atom. The Morgan fingerprint density at radius 1 is 0.763 bits per heavy atom. The largest absolute Gasteiger partial charge is 0.477 e. The number of aromatic nitrogens is 2. The van der Waals surface area contributed by atoms with E-state index in [0.717, 1.165) is 44.2 Å². The highest BCUT2D eigenvalue weighted by Crippen LogP contribution is 2.35. The fraction of sp³-hybridized carbons (Fsp3) is 0.0588. The first-order valence-electron chi connectivity index (χ1n) is 12.6. The highest BCUT2D eigenvalue weighted by atomic mass is 16.5. The zero-order valence-electron chi connectivity index (χ0n) is 20.7. The fourth-order valence-corrected chi connectivity index (χ4v) is 4.96. The smallest absolute Gasteiger partial charge is 0.174 e. The molecule has 0 aliphatic rings. The maximum absolute atomic E-state index is 9.11. The van der Waals surface area contributed by atoms with Crippen LogP contribution in [0.4, 0.5) is 0 Å². The molecule has 0 saturated carbocycles. The molecule has 1 atom stereocenters. The van der Waals surface area contributed by atoms with E-state index in [1.165, 1.54) is 0 Å². The van der Waals surface area contributed by atoms with Gasteiger partial charge in [-0.1, -0.05) is 91.0 Å². The second-order valence-corrected chi connectivity index (χ2v) is 9.11. The van der Waals surface area contributed by atoms with E-state index in [9.17, 15) is 0 Å². The van der Waals surface area contributed by atoms with Crippen molar-refractivity contribution in [3.8, 4) is 11.8 Å². The van der Waals surface area contributed by atoms with Gasteiger partial charge in [0.2, 0.25) is 0 Å². The van der Waals surface area contributed by atoms with Gasteiger partial charge in [0.1, 0.15) is 11.8 Å². The van der Waals surface area contributed by atoms with Crippen molar-refractivity contribution in [3.63, 3.8) is 0 Å². The maximum Gasteiger partial charge on any atom is 0.174 e. The molecule has 1 unspecified atom stereocenters. The van der Waals surface area contributed by atoms with Crippen molar-refractivity contribution in [2.24, 2.45) is 0 Å². The van der Waals surface area contributed by atoms with E-state index < -0.39 is 0 Å². The van der Waals surface area contributed by atoms with Gasteiger partial charge in [-0.15, -0.1) is 0 Å². The van der Waals surface area contributed by atoms with Gasteiger partial charge in [-0.25, -0.2) is 4.98 Å². The Hall–Kier alpha value is -5.14. The van der Waals surface area contributed by atoms with Crippen molar-refractivity contribution < 1.29 is 4.74 Å². The number of rotatable bonds is 7. The van der Waals surface area contributed by atoms with Crippen LogP contribution in [0.3, 0.4) is 0 Å². The second kappa shape index (κ2) is 10.5. The summed E-state index contributed by atoms with van der Waals surface area (Å²) in [7, 11) is 0. The van der Waals surface area contributed by atoms with Crippen LogP contribution < -0.4 is 4.74 Å². The number of para-hydroxylation sites is 2. The summed E-state index contributed by atoms with van der Waals surface area (Å²) in [6.07, 6.45) is 6.27. The third-order valence-corrected chi connectivity index (χ3v) is 6.68. The molecule has 0 amide bonds. The lowest BCUT2D eigenvalue weighted by molar-refractivity contribution is 0.370. The van der Waals surface area contributed by atoms with Crippen LogP contribution in [-0.4, -0.2) is 16.2 Å². The average Bonchev–Trinajstić information content (AvgIpc) is 3.40. The lowest BCUT2D eigenvalue weighted by atomic mass is 9.96. The summed E-state index contributed by atoms with van der Waals surface area (Å²) < 4.78 is 8.07. The lowest BCUT2D eigenvalue weighted by Crippen LogP contribution is -2.12. The molecule has 0 aliphatic carbocycles. The Balaban J connectivity index is 1.42. The first kappa shape index (κ1) is 23.3. The van der Waals surface area contributed by atoms with Crippen molar-refractivity contribution in [1.29, 1.82) is 5.26 Å². The minimum atomic E-state index is -0.0762. The molecule has 0 saturated heterocycles. The number of hydrogen-bond donors (Lipinski definition) is 0. The fourth-order valence-electron chi connectivity index (χ4n) is 4.96. The number of benzene rings is 4. The van der Waals surface area contributed by atoms with Crippen molar-refractivity contribution >= 4 is 34.0 Å². The Bertz CT molecular complexity index is 1790. The topological polar surface area (TPSA) is 50.8 Å². The van der Waals surface area contributed by atoms with Crippen LogP contribution in [-0.2, 0) is 0 Å². The molecule has 2 aromatic heterocycles. The van der Waals surface area contributed by atoms with Gasteiger partial charge in [0, 0.05) is 17.0 Å². The average molecular weight is 492 g/mol. The standard InChI is InChI=1S/C34H25N3O/c35-21-23-38-32-15-7-12-28-20-22-37(34(28)32)33(27-10-2-1-3-11-27)29-13-6-8-25(24-29)16-18-30-19-17-26-9-4-5-14-31(26)36-30/h1-20,22,24,33H,23H2/b18-16+. The molecule has 6 rings (SSSR count). The Kier molecular flexibility index (Phi) is 6.41. The number of nitrogens with zero attached hydrogens (tertiary/aromatic N) is 3.